The number of hydrogen-bond acceptors (Lipinski definition) is 8. The molecule has 2 aromatic carbocycles. The molecule has 2 heterocycles. The highest BCUT2D eigenvalue weighted by Gasteiger charge is 2.27. The summed E-state index contributed by atoms with van der Waals surface area (Å²) in [5.74, 6) is -0.0998. The monoisotopic (exact) mass is 586 g/mol. The van der Waals surface area contributed by atoms with Crippen molar-refractivity contribution in [1.82, 2.24) is 9.71 Å². The van der Waals surface area contributed by atoms with E-state index in [1.165, 1.54) is 25.4 Å². The number of rotatable bonds is 11. The van der Waals surface area contributed by atoms with E-state index in [4.69, 9.17) is 18.6 Å². The lowest BCUT2D eigenvalue weighted by molar-refractivity contribution is -0.142. The minimum atomic E-state index is -1.43. The Morgan fingerprint density at radius 3 is 2.61 bits per heavy atom. The summed E-state index contributed by atoms with van der Waals surface area (Å²) in [5, 5.41) is 0.417. The van der Waals surface area contributed by atoms with Crippen LogP contribution in [0.2, 0.25) is 0 Å². The number of esters is 1. The summed E-state index contributed by atoms with van der Waals surface area (Å²) in [6.07, 6.45) is 1.44. The van der Waals surface area contributed by atoms with Crippen molar-refractivity contribution in [3.8, 4) is 22.6 Å². The van der Waals surface area contributed by atoms with Crippen molar-refractivity contribution in [2.45, 2.75) is 52.0 Å². The Morgan fingerprint density at radius 1 is 1.12 bits per heavy atom. The van der Waals surface area contributed by atoms with Crippen LogP contribution >= 0.6 is 0 Å². The van der Waals surface area contributed by atoms with Crippen molar-refractivity contribution in [3.05, 3.63) is 77.3 Å². The lowest BCUT2D eigenvalue weighted by atomic mass is 10.00. The molecule has 0 bridgehead atoms. The molecule has 2 aromatic heterocycles. The Balaban J connectivity index is 1.66. The largest absolute Gasteiger partial charge is 0.598 e. The summed E-state index contributed by atoms with van der Waals surface area (Å²) < 4.78 is 66.4. The number of fused-ring (bicyclic) bond motifs is 1. The quantitative estimate of drug-likeness (QED) is 0.168. The van der Waals surface area contributed by atoms with Crippen LogP contribution in [0, 0.1) is 11.8 Å². The van der Waals surface area contributed by atoms with E-state index in [1.807, 2.05) is 0 Å². The van der Waals surface area contributed by atoms with E-state index in [0.29, 0.717) is 33.6 Å². The number of aromatic nitrogens is 1. The molecule has 41 heavy (non-hydrogen) atoms. The summed E-state index contributed by atoms with van der Waals surface area (Å²) in [7, 11) is 1.52. The van der Waals surface area contributed by atoms with Crippen molar-refractivity contribution in [2.75, 3.05) is 13.7 Å². The van der Waals surface area contributed by atoms with Gasteiger partial charge in [-0.3, -0.25) is 9.78 Å². The average molecular weight is 587 g/mol. The van der Waals surface area contributed by atoms with Crippen LogP contribution in [-0.4, -0.2) is 34.0 Å². The topological polar surface area (TPSA) is 106 Å². The summed E-state index contributed by atoms with van der Waals surface area (Å²) in [6.45, 7) is 7.35. The van der Waals surface area contributed by atoms with Gasteiger partial charge in [-0.15, -0.1) is 4.72 Å². The fourth-order valence-corrected chi connectivity index (χ4v) is 4.81. The van der Waals surface area contributed by atoms with E-state index >= 15 is 4.39 Å². The molecule has 0 unspecified atom stereocenters. The molecule has 1 atom stereocenters. The first-order valence-electron chi connectivity index (χ1n) is 13.0. The molecule has 4 rings (SSSR count). The Hall–Kier alpha value is -3.67. The number of furan rings is 1. The fraction of sp³-hybridized carbons (Fsp3) is 0.333. The Morgan fingerprint density at radius 2 is 1.90 bits per heavy atom. The van der Waals surface area contributed by atoms with E-state index in [9.17, 15) is 13.7 Å². The number of nitrogens with one attached hydrogen (secondary N) is 1. The van der Waals surface area contributed by atoms with Gasteiger partial charge in [-0.25, -0.2) is 4.39 Å². The number of halogens is 2. The highest BCUT2D eigenvalue weighted by molar-refractivity contribution is 7.90. The molecule has 0 amide bonds. The van der Waals surface area contributed by atoms with Crippen LogP contribution in [0.1, 0.15) is 44.5 Å². The second-order valence-corrected chi connectivity index (χ2v) is 12.2. The number of hydrogen-bond donors (Lipinski definition) is 1. The first-order chi connectivity index (χ1) is 19.5. The van der Waals surface area contributed by atoms with Crippen molar-refractivity contribution < 1.29 is 36.8 Å². The lowest BCUT2D eigenvalue weighted by Crippen LogP contribution is -2.39. The van der Waals surface area contributed by atoms with Crippen LogP contribution in [0.3, 0.4) is 0 Å². The zero-order valence-corrected chi connectivity index (χ0v) is 24.3. The molecule has 0 saturated carbocycles. The molecule has 0 aliphatic heterocycles. The molecule has 11 heteroatoms. The van der Waals surface area contributed by atoms with Crippen molar-refractivity contribution in [2.24, 2.45) is 0 Å². The number of pyridine rings is 1. The lowest BCUT2D eigenvalue weighted by Gasteiger charge is -2.23. The number of nitrogens with zero attached hydrogens (tertiary/aromatic N) is 1. The van der Waals surface area contributed by atoms with Crippen molar-refractivity contribution in [1.29, 1.82) is 0 Å². The third-order valence-corrected chi connectivity index (χ3v) is 7.65. The van der Waals surface area contributed by atoms with Crippen LogP contribution in [0.15, 0.2) is 53.1 Å². The normalized spacial score (nSPS) is 12.4. The number of carbonyl (C=O) groups excluding carboxylic acids is 1. The maximum atomic E-state index is 15.7. The highest BCUT2D eigenvalue weighted by atomic mass is 32.2. The summed E-state index contributed by atoms with van der Waals surface area (Å²) in [6, 6.07) is 10.3. The molecule has 218 valence electrons. The second-order valence-electron chi connectivity index (χ2n) is 10.2. The predicted molar refractivity (Wildman–Crippen MR) is 152 cm³/mol. The van der Waals surface area contributed by atoms with Gasteiger partial charge >= 0.3 is 5.97 Å². The van der Waals surface area contributed by atoms with Crippen molar-refractivity contribution in [3.63, 3.8) is 0 Å². The number of methoxy groups -OCH3 is 1. The van der Waals surface area contributed by atoms with Gasteiger partial charge in [0.1, 0.15) is 28.4 Å². The van der Waals surface area contributed by atoms with Gasteiger partial charge in [-0.1, -0.05) is 6.07 Å². The van der Waals surface area contributed by atoms with Gasteiger partial charge in [0, 0.05) is 51.8 Å². The summed E-state index contributed by atoms with van der Waals surface area (Å²) >= 11 is -1.43. The minimum Gasteiger partial charge on any atom is -0.598 e. The molecular formula is C30H32F2N2O6S. The molecule has 8 nitrogen and oxygen atoms in total. The number of ether oxygens (including phenoxy) is 3. The zero-order valence-electron chi connectivity index (χ0n) is 23.5. The highest BCUT2D eigenvalue weighted by Crippen LogP contribution is 2.35. The average Bonchev–Trinajstić information content (AvgIpc) is 3.31. The third-order valence-electron chi connectivity index (χ3n) is 6.13. The van der Waals surface area contributed by atoms with E-state index < -0.39 is 33.9 Å². The molecule has 0 saturated heterocycles. The van der Waals surface area contributed by atoms with Gasteiger partial charge < -0.3 is 23.2 Å². The summed E-state index contributed by atoms with van der Waals surface area (Å²) in [4.78, 5) is 16.2. The van der Waals surface area contributed by atoms with Gasteiger partial charge in [0.15, 0.2) is 5.82 Å². The van der Waals surface area contributed by atoms with E-state index in [1.54, 1.807) is 58.0 Å². The van der Waals surface area contributed by atoms with E-state index in [2.05, 4.69) is 9.71 Å². The summed E-state index contributed by atoms with van der Waals surface area (Å²) in [5.41, 5.74) is 1.87. The molecule has 4 aromatic rings. The predicted octanol–water partition coefficient (Wildman–Crippen LogP) is 6.02. The van der Waals surface area contributed by atoms with Gasteiger partial charge in [0.05, 0.1) is 32.4 Å². The van der Waals surface area contributed by atoms with Gasteiger partial charge in [0.25, 0.3) is 6.01 Å². The SMILES string of the molecule is CCOC(=O)Cc1ccc(OC)cc1OCc1cc(-c2ccnc(CN[S@@+]([O-])C(C)(C)C)c2F)c2oc(F)cc2c1. The second kappa shape index (κ2) is 12.9. The molecule has 0 aliphatic rings. The zero-order chi connectivity index (χ0) is 29.7. The Labute approximate surface area is 240 Å². The Bertz CT molecular complexity index is 1540. The van der Waals surface area contributed by atoms with Gasteiger partial charge in [0.2, 0.25) is 0 Å². The van der Waals surface area contributed by atoms with Crippen LogP contribution in [0.4, 0.5) is 8.78 Å². The van der Waals surface area contributed by atoms with Crippen molar-refractivity contribution >= 4 is 28.3 Å². The van der Waals surface area contributed by atoms with Crippen LogP contribution in [0.5, 0.6) is 11.5 Å². The molecule has 0 aliphatic carbocycles. The minimum absolute atomic E-state index is 0.00341. The smallest absolute Gasteiger partial charge is 0.310 e. The molecule has 0 spiro atoms. The molecule has 1 N–H and O–H groups in total. The number of carbonyl (C=O) groups is 1. The van der Waals surface area contributed by atoms with Gasteiger partial charge in [-0.2, -0.15) is 4.39 Å². The Kier molecular flexibility index (Phi) is 9.52. The standard InChI is InChI=1S/C30H32F2N2O6S/c1-6-38-27(35)14-19-7-8-21(37-5)15-25(19)39-17-18-11-20-13-26(31)40-29(20)23(12-18)22-9-10-33-24(28(22)32)16-34-41(36)30(2,3)4/h7-13,15,34H,6,14,16-17H2,1-5H3/t41-/m0/s1. The van der Waals surface area contributed by atoms with Crippen LogP contribution in [-0.2, 0) is 40.5 Å². The maximum absolute atomic E-state index is 15.7. The third kappa shape index (κ3) is 7.35. The fourth-order valence-electron chi connectivity index (χ4n) is 4.11. The van der Waals surface area contributed by atoms with Gasteiger partial charge in [-0.05, 0) is 57.5 Å². The van der Waals surface area contributed by atoms with E-state index in [0.717, 1.165) is 0 Å². The molecule has 0 radical (unpaired) electrons. The maximum Gasteiger partial charge on any atom is 0.310 e. The molecule has 0 fully saturated rings. The van der Waals surface area contributed by atoms with Crippen LogP contribution in [0.25, 0.3) is 22.1 Å². The number of benzene rings is 2. The molecular weight excluding hydrogens is 554 g/mol. The van der Waals surface area contributed by atoms with E-state index in [-0.39, 0.29) is 43.0 Å². The first kappa shape index (κ1) is 30.3. The first-order valence-corrected chi connectivity index (χ1v) is 14.1. The van der Waals surface area contributed by atoms with Crippen LogP contribution < -0.4 is 14.2 Å².